The van der Waals surface area contributed by atoms with Crippen molar-refractivity contribution < 1.29 is 4.79 Å². The van der Waals surface area contributed by atoms with Gasteiger partial charge in [-0.15, -0.1) is 11.3 Å². The van der Waals surface area contributed by atoms with Crippen molar-refractivity contribution in [3.8, 4) is 6.07 Å². The summed E-state index contributed by atoms with van der Waals surface area (Å²) in [6, 6.07) is 2.08. The minimum absolute atomic E-state index is 0.0897. The number of likely N-dealkylation sites (tertiary alicyclic amines) is 1. The van der Waals surface area contributed by atoms with Gasteiger partial charge in [-0.2, -0.15) is 5.26 Å². The molecule has 20 heavy (non-hydrogen) atoms. The van der Waals surface area contributed by atoms with Gasteiger partial charge in [0.15, 0.2) is 5.78 Å². The number of nitriles is 1. The molecule has 2 heterocycles. The van der Waals surface area contributed by atoms with Crippen molar-refractivity contribution in [3.63, 3.8) is 0 Å². The van der Waals surface area contributed by atoms with E-state index >= 15 is 0 Å². The Labute approximate surface area is 123 Å². The topological polar surface area (TPSA) is 82.2 Å². The van der Waals surface area contributed by atoms with Crippen molar-refractivity contribution in [1.82, 2.24) is 4.90 Å². The van der Waals surface area contributed by atoms with Crippen LogP contribution in [0.5, 0.6) is 0 Å². The van der Waals surface area contributed by atoms with Crippen LogP contribution < -0.4 is 11.1 Å². The van der Waals surface area contributed by atoms with Crippen molar-refractivity contribution in [2.45, 2.75) is 26.2 Å². The molecule has 5 nitrogen and oxygen atoms in total. The Bertz CT molecular complexity index is 526. The Kier molecular flexibility index (Phi) is 4.99. The molecule has 0 radical (unpaired) electrons. The molecule has 108 valence electrons. The summed E-state index contributed by atoms with van der Waals surface area (Å²) in [5.74, 6) is -0.0897. The van der Waals surface area contributed by atoms with Crippen molar-refractivity contribution in [2.24, 2.45) is 0 Å². The van der Waals surface area contributed by atoms with Gasteiger partial charge in [0.2, 0.25) is 0 Å². The summed E-state index contributed by atoms with van der Waals surface area (Å²) < 4.78 is 0. The normalized spacial score (nSPS) is 15.8. The monoisotopic (exact) mass is 292 g/mol. The first-order chi connectivity index (χ1) is 9.63. The van der Waals surface area contributed by atoms with Crippen molar-refractivity contribution in [2.75, 3.05) is 37.2 Å². The predicted octanol–water partition coefficient (Wildman–Crippen LogP) is 2.30. The van der Waals surface area contributed by atoms with Crippen LogP contribution in [-0.4, -0.2) is 36.9 Å². The maximum absolute atomic E-state index is 11.5. The fraction of sp³-hybridized carbons (Fsp3) is 0.571. The molecule has 3 N–H and O–H groups in total. The molecule has 0 atom stereocenters. The van der Waals surface area contributed by atoms with E-state index in [0.29, 0.717) is 21.1 Å². The fourth-order valence-corrected chi connectivity index (χ4v) is 3.44. The number of carbonyl (C=O) groups excluding carboxylic acids is 1. The molecular formula is C14H20N4OS. The second-order valence-electron chi connectivity index (χ2n) is 5.05. The molecular weight excluding hydrogens is 272 g/mol. The average molecular weight is 292 g/mol. The summed E-state index contributed by atoms with van der Waals surface area (Å²) in [4.78, 5) is 14.3. The van der Waals surface area contributed by atoms with Crippen LogP contribution in [0.25, 0.3) is 0 Å². The number of Topliss-reactive ketones (excluding diaryl/α,β-unsaturated/α-hetero) is 1. The summed E-state index contributed by atoms with van der Waals surface area (Å²) in [7, 11) is 0. The number of hydrogen-bond donors (Lipinski definition) is 2. The zero-order valence-electron chi connectivity index (χ0n) is 11.7. The number of thiophene rings is 1. The molecule has 1 aliphatic heterocycles. The van der Waals surface area contributed by atoms with Crippen molar-refractivity contribution in [1.29, 1.82) is 5.26 Å². The second kappa shape index (κ2) is 6.73. The van der Waals surface area contributed by atoms with Gasteiger partial charge in [-0.05, 0) is 25.9 Å². The third-order valence-corrected chi connectivity index (χ3v) is 4.80. The van der Waals surface area contributed by atoms with Crippen LogP contribution in [0, 0.1) is 11.3 Å². The van der Waals surface area contributed by atoms with Gasteiger partial charge < -0.3 is 16.0 Å². The zero-order valence-corrected chi connectivity index (χ0v) is 12.6. The number of nitrogen functional groups attached to an aromatic ring is 1. The highest BCUT2D eigenvalue weighted by Gasteiger charge is 2.18. The van der Waals surface area contributed by atoms with Gasteiger partial charge in [0, 0.05) is 20.0 Å². The lowest BCUT2D eigenvalue weighted by Gasteiger charge is -2.26. The summed E-state index contributed by atoms with van der Waals surface area (Å²) in [6.07, 6.45) is 3.86. The number of nitrogens with two attached hydrogens (primary N) is 1. The molecule has 0 saturated carbocycles. The van der Waals surface area contributed by atoms with Gasteiger partial charge in [-0.25, -0.2) is 0 Å². The quantitative estimate of drug-likeness (QED) is 0.814. The Morgan fingerprint density at radius 2 is 2.15 bits per heavy atom. The molecule has 1 fully saturated rings. The first-order valence-electron chi connectivity index (χ1n) is 6.93. The molecule has 1 aromatic rings. The minimum Gasteiger partial charge on any atom is -0.396 e. The van der Waals surface area contributed by atoms with Crippen LogP contribution in [0.2, 0.25) is 0 Å². The molecule has 0 spiro atoms. The van der Waals surface area contributed by atoms with Gasteiger partial charge in [0.1, 0.15) is 16.6 Å². The highest BCUT2D eigenvalue weighted by Crippen LogP contribution is 2.35. The highest BCUT2D eigenvalue weighted by molar-refractivity contribution is 7.18. The third-order valence-electron chi connectivity index (χ3n) is 3.54. The summed E-state index contributed by atoms with van der Waals surface area (Å²) in [5, 5.41) is 13.1. The van der Waals surface area contributed by atoms with E-state index < -0.39 is 0 Å². The summed E-state index contributed by atoms with van der Waals surface area (Å²) >= 11 is 1.28. The molecule has 0 bridgehead atoms. The van der Waals surface area contributed by atoms with Crippen LogP contribution >= 0.6 is 11.3 Å². The predicted molar refractivity (Wildman–Crippen MR) is 82.2 cm³/mol. The first-order valence-corrected chi connectivity index (χ1v) is 7.74. The van der Waals surface area contributed by atoms with Gasteiger partial charge in [0.25, 0.3) is 0 Å². The first kappa shape index (κ1) is 14.8. The minimum atomic E-state index is -0.0897. The molecule has 1 aromatic heterocycles. The van der Waals surface area contributed by atoms with E-state index in [1.165, 1.54) is 37.5 Å². The number of rotatable bonds is 5. The lowest BCUT2D eigenvalue weighted by molar-refractivity contribution is 0.102. The second-order valence-corrected chi connectivity index (χ2v) is 6.07. The molecule has 0 amide bonds. The largest absolute Gasteiger partial charge is 0.396 e. The third kappa shape index (κ3) is 3.30. The van der Waals surface area contributed by atoms with Crippen molar-refractivity contribution >= 4 is 27.8 Å². The SMILES string of the molecule is CC(=O)c1sc(NCCN2CCCCC2)c(C#N)c1N. The molecule has 1 aliphatic rings. The molecule has 2 rings (SSSR count). The van der Waals surface area contributed by atoms with E-state index in [-0.39, 0.29) is 5.78 Å². The number of piperidine rings is 1. The standard InChI is InChI=1S/C14H20N4OS/c1-10(19)13-12(16)11(9-15)14(20-13)17-5-8-18-6-3-2-4-7-18/h17H,2-8,16H2,1H3. The van der Waals surface area contributed by atoms with Crippen molar-refractivity contribution in [3.05, 3.63) is 10.4 Å². The highest BCUT2D eigenvalue weighted by atomic mass is 32.1. The molecule has 1 saturated heterocycles. The maximum Gasteiger partial charge on any atom is 0.171 e. The Morgan fingerprint density at radius 3 is 2.75 bits per heavy atom. The van der Waals surface area contributed by atoms with Crippen LogP contribution in [0.4, 0.5) is 10.7 Å². The Hall–Kier alpha value is -1.58. The van der Waals surface area contributed by atoms with Gasteiger partial charge in [-0.3, -0.25) is 4.79 Å². The van der Waals surface area contributed by atoms with Gasteiger partial charge in [-0.1, -0.05) is 6.42 Å². The lowest BCUT2D eigenvalue weighted by Crippen LogP contribution is -2.33. The average Bonchev–Trinajstić information content (AvgIpc) is 2.76. The van der Waals surface area contributed by atoms with E-state index in [4.69, 9.17) is 11.0 Å². The van der Waals surface area contributed by atoms with Crippen LogP contribution in [-0.2, 0) is 0 Å². The summed E-state index contributed by atoms with van der Waals surface area (Å²) in [6.45, 7) is 5.50. The van der Waals surface area contributed by atoms with Crippen LogP contribution in [0.1, 0.15) is 41.4 Å². The smallest absolute Gasteiger partial charge is 0.171 e. The Balaban J connectivity index is 1.97. The van der Waals surface area contributed by atoms with E-state index in [2.05, 4.69) is 16.3 Å². The number of nitrogens with one attached hydrogen (secondary N) is 1. The number of hydrogen-bond acceptors (Lipinski definition) is 6. The number of ketones is 1. The van der Waals surface area contributed by atoms with Crippen LogP contribution in [0.15, 0.2) is 0 Å². The van der Waals surface area contributed by atoms with E-state index in [1.54, 1.807) is 0 Å². The Morgan fingerprint density at radius 1 is 1.45 bits per heavy atom. The van der Waals surface area contributed by atoms with E-state index in [1.807, 2.05) is 0 Å². The van der Waals surface area contributed by atoms with E-state index in [0.717, 1.165) is 26.2 Å². The number of nitrogens with zero attached hydrogens (tertiary/aromatic N) is 2. The van der Waals surface area contributed by atoms with E-state index in [9.17, 15) is 4.79 Å². The number of anilines is 2. The summed E-state index contributed by atoms with van der Waals surface area (Å²) in [5.41, 5.74) is 6.56. The van der Waals surface area contributed by atoms with Gasteiger partial charge in [0.05, 0.1) is 10.6 Å². The lowest BCUT2D eigenvalue weighted by atomic mass is 10.1. The van der Waals surface area contributed by atoms with Crippen LogP contribution in [0.3, 0.4) is 0 Å². The molecule has 6 heteroatoms. The molecule has 0 unspecified atom stereocenters. The maximum atomic E-state index is 11.5. The number of carbonyl (C=O) groups is 1. The fourth-order valence-electron chi connectivity index (χ4n) is 2.45. The molecule has 0 aromatic carbocycles. The van der Waals surface area contributed by atoms with Gasteiger partial charge >= 0.3 is 0 Å². The molecule has 0 aliphatic carbocycles. The zero-order chi connectivity index (χ0) is 14.5.